The molecule has 0 spiro atoms. The predicted molar refractivity (Wildman–Crippen MR) is 296 cm³/mol. The molecule has 5 atom stereocenters. The summed E-state index contributed by atoms with van der Waals surface area (Å²) in [6.45, 7) is 13.6. The number of nitrogens with one attached hydrogen (secondary N) is 2. The normalized spacial score (nSPS) is 16.7. The summed E-state index contributed by atoms with van der Waals surface area (Å²) < 4.78 is 0. The Morgan fingerprint density at radius 1 is 0.333 bits per heavy atom. The van der Waals surface area contributed by atoms with Crippen LogP contribution >= 0.6 is 0 Å². The lowest BCUT2D eigenvalue weighted by atomic mass is 10.0. The molecule has 0 aromatic heterocycles. The van der Waals surface area contributed by atoms with Crippen molar-refractivity contribution in [1.82, 2.24) is 20.4 Å². The molecule has 1 saturated heterocycles. The third-order valence-corrected chi connectivity index (χ3v) is 15.1. The number of nitrogens with zero attached hydrogens (tertiary/aromatic N) is 2. The topological polar surface area (TPSA) is 125 Å². The van der Waals surface area contributed by atoms with E-state index in [-0.39, 0.29) is 17.9 Å². The van der Waals surface area contributed by atoms with Gasteiger partial charge in [-0.2, -0.15) is 0 Å². The Labute approximate surface area is 429 Å². The van der Waals surface area contributed by atoms with Gasteiger partial charge in [0.2, 0.25) is 11.8 Å². The minimum Gasteiger partial charge on any atom is -0.392 e. The van der Waals surface area contributed by atoms with Crippen molar-refractivity contribution >= 4 is 11.8 Å². The Kier molecular flexibility index (Phi) is 46.7. The van der Waals surface area contributed by atoms with Gasteiger partial charge in [-0.25, -0.2) is 0 Å². The van der Waals surface area contributed by atoms with E-state index in [0.717, 1.165) is 90.4 Å². The summed E-state index contributed by atoms with van der Waals surface area (Å²) in [5.41, 5.74) is 0. The fourth-order valence-electron chi connectivity index (χ4n) is 10.5. The fraction of sp³-hybridized carbons (Fsp3) is 0.967. The van der Waals surface area contributed by atoms with Crippen LogP contribution in [0.15, 0.2) is 0 Å². The smallest absolute Gasteiger partial charge is 0.243 e. The first-order valence-corrected chi connectivity index (χ1v) is 30.8. The molecule has 9 heteroatoms. The van der Waals surface area contributed by atoms with Crippen LogP contribution in [0.3, 0.4) is 0 Å². The van der Waals surface area contributed by atoms with Crippen molar-refractivity contribution in [2.24, 2.45) is 0 Å². The van der Waals surface area contributed by atoms with Gasteiger partial charge in [0, 0.05) is 19.6 Å². The molecule has 1 aliphatic heterocycles. The molecule has 0 aromatic rings. The average molecular weight is 978 g/mol. The number of aliphatic hydroxyl groups is 3. The predicted octanol–water partition coefficient (Wildman–Crippen LogP) is 14.5. The molecule has 1 aliphatic rings. The monoisotopic (exact) mass is 977 g/mol. The lowest BCUT2D eigenvalue weighted by Gasteiger charge is -2.30. The number of hydrogen-bond donors (Lipinski definition) is 5. The van der Waals surface area contributed by atoms with Crippen LogP contribution in [0.1, 0.15) is 304 Å². The summed E-state index contributed by atoms with van der Waals surface area (Å²) >= 11 is 0. The minimum absolute atomic E-state index is 0.0719. The molecule has 69 heavy (non-hydrogen) atoms. The molecule has 1 rings (SSSR count). The second-order valence-electron chi connectivity index (χ2n) is 22.1. The molecule has 0 radical (unpaired) electrons. The first-order chi connectivity index (χ1) is 33.7. The Hall–Kier alpha value is -1.26. The molecule has 5 N–H and O–H groups in total. The molecule has 410 valence electrons. The molecule has 2 amide bonds. The van der Waals surface area contributed by atoms with Gasteiger partial charge >= 0.3 is 0 Å². The van der Waals surface area contributed by atoms with Gasteiger partial charge in [-0.3, -0.25) is 14.5 Å². The van der Waals surface area contributed by atoms with Gasteiger partial charge in [0.25, 0.3) is 0 Å². The molecule has 0 bridgehead atoms. The first kappa shape index (κ1) is 65.8. The van der Waals surface area contributed by atoms with E-state index in [1.807, 2.05) is 0 Å². The van der Waals surface area contributed by atoms with Gasteiger partial charge in [0.05, 0.1) is 18.3 Å². The van der Waals surface area contributed by atoms with Crippen molar-refractivity contribution in [1.29, 1.82) is 0 Å². The first-order valence-electron chi connectivity index (χ1n) is 30.8. The van der Waals surface area contributed by atoms with E-state index >= 15 is 0 Å². The van der Waals surface area contributed by atoms with Crippen LogP contribution in [0.2, 0.25) is 0 Å². The van der Waals surface area contributed by atoms with E-state index in [1.165, 1.54) is 199 Å². The molecule has 0 aliphatic carbocycles. The lowest BCUT2D eigenvalue weighted by Crippen LogP contribution is -2.61. The highest BCUT2D eigenvalue weighted by molar-refractivity contribution is 5.96. The zero-order chi connectivity index (χ0) is 50.3. The Morgan fingerprint density at radius 2 is 0.565 bits per heavy atom. The zero-order valence-corrected chi connectivity index (χ0v) is 46.6. The van der Waals surface area contributed by atoms with E-state index in [4.69, 9.17) is 0 Å². The van der Waals surface area contributed by atoms with Gasteiger partial charge in [-0.05, 0) is 83.8 Å². The molecule has 1 fully saturated rings. The molecule has 0 saturated carbocycles. The number of hydrogen-bond acceptors (Lipinski definition) is 7. The number of carbonyl (C=O) groups is 2. The lowest BCUT2D eigenvalue weighted by molar-refractivity contribution is -0.137. The van der Waals surface area contributed by atoms with Gasteiger partial charge in [-0.1, -0.05) is 240 Å². The standard InChI is InChI=1S/C60H120N4O5/c1-5-9-13-17-21-25-26-30-34-40-48-63(51-54(65)43-35-31-27-22-18-14-10-6-2)49-41-38-46-57-59(68)62-58(60(69)61-57)47-39-42-50-64(52-55(66)44-36-32-28-23-19-15-11-7-3)53-56(67)45-37-33-29-24-20-16-12-8-4/h54-58,65-67H,5-53H2,1-4H3,(H,61,69)(H,62,68)/t54-,55-,56-,57-,58+/m1/s1. The van der Waals surface area contributed by atoms with Crippen molar-refractivity contribution < 1.29 is 24.9 Å². The summed E-state index contributed by atoms with van der Waals surface area (Å²) in [4.78, 5) is 31.3. The number of unbranched alkanes of at least 4 members (excludes halogenated alkanes) is 32. The molecule has 0 aromatic carbocycles. The number of carbonyl (C=O) groups excluding carboxylic acids is 2. The van der Waals surface area contributed by atoms with Crippen molar-refractivity contribution in [3.05, 3.63) is 0 Å². The van der Waals surface area contributed by atoms with Crippen LogP contribution in [-0.4, -0.2) is 107 Å². The third-order valence-electron chi connectivity index (χ3n) is 15.1. The quantitative estimate of drug-likeness (QED) is 0.0384. The van der Waals surface area contributed by atoms with E-state index in [2.05, 4.69) is 48.1 Å². The SMILES string of the molecule is CCCCCCCCCCCCN(CCCC[C@H]1NC(=O)[C@H](CCCCN(C[C@H](O)CCCCCCCCCC)C[C@H](O)CCCCCCCCCC)NC1=O)C[C@H](O)CCCCCCCCCC. The van der Waals surface area contributed by atoms with E-state index in [1.54, 1.807) is 0 Å². The summed E-state index contributed by atoms with van der Waals surface area (Å²) in [6, 6.07) is -1.00. The van der Waals surface area contributed by atoms with Crippen LogP contribution < -0.4 is 10.6 Å². The van der Waals surface area contributed by atoms with E-state index in [0.29, 0.717) is 25.9 Å². The highest BCUT2D eigenvalue weighted by atomic mass is 16.3. The molecule has 9 nitrogen and oxygen atoms in total. The number of rotatable bonds is 54. The Bertz CT molecular complexity index is 1090. The van der Waals surface area contributed by atoms with Crippen LogP contribution in [0, 0.1) is 0 Å². The third kappa shape index (κ3) is 40.9. The van der Waals surface area contributed by atoms with Gasteiger partial charge in [0.15, 0.2) is 0 Å². The summed E-state index contributed by atoms with van der Waals surface area (Å²) in [5, 5.41) is 39.3. The maximum atomic E-state index is 13.3. The van der Waals surface area contributed by atoms with Crippen molar-refractivity contribution in [2.75, 3.05) is 39.3 Å². The van der Waals surface area contributed by atoms with Crippen LogP contribution in [0.4, 0.5) is 0 Å². The number of aliphatic hydroxyl groups excluding tert-OH is 3. The molecular formula is C60H120N4O5. The molecule has 0 unspecified atom stereocenters. The number of piperazine rings is 1. The van der Waals surface area contributed by atoms with Gasteiger partial charge in [0.1, 0.15) is 12.1 Å². The van der Waals surface area contributed by atoms with Crippen LogP contribution in [0.25, 0.3) is 0 Å². The number of amides is 2. The second-order valence-corrected chi connectivity index (χ2v) is 22.1. The van der Waals surface area contributed by atoms with Gasteiger partial charge in [-0.15, -0.1) is 0 Å². The highest BCUT2D eigenvalue weighted by Crippen LogP contribution is 2.18. The minimum atomic E-state index is -0.513. The average Bonchev–Trinajstić information content (AvgIpc) is 3.33. The zero-order valence-electron chi connectivity index (χ0n) is 46.6. The van der Waals surface area contributed by atoms with Crippen molar-refractivity contribution in [3.8, 4) is 0 Å². The summed E-state index contributed by atoms with van der Waals surface area (Å²) in [5.74, 6) is -0.151. The van der Waals surface area contributed by atoms with E-state index in [9.17, 15) is 24.9 Å². The van der Waals surface area contributed by atoms with E-state index < -0.39 is 24.3 Å². The highest BCUT2D eigenvalue weighted by Gasteiger charge is 2.33. The maximum Gasteiger partial charge on any atom is 0.243 e. The fourth-order valence-corrected chi connectivity index (χ4v) is 10.5. The van der Waals surface area contributed by atoms with Crippen LogP contribution in [0.5, 0.6) is 0 Å². The van der Waals surface area contributed by atoms with Crippen LogP contribution in [-0.2, 0) is 9.59 Å². The summed E-state index contributed by atoms with van der Waals surface area (Å²) in [6.07, 6.45) is 49.5. The second kappa shape index (κ2) is 49.0. The summed E-state index contributed by atoms with van der Waals surface area (Å²) in [7, 11) is 0. The largest absolute Gasteiger partial charge is 0.392 e. The maximum absolute atomic E-state index is 13.3. The Morgan fingerprint density at radius 3 is 0.870 bits per heavy atom. The molecule has 1 heterocycles. The molecular weight excluding hydrogens is 857 g/mol. The van der Waals surface area contributed by atoms with Crippen molar-refractivity contribution in [2.45, 2.75) is 334 Å². The Balaban J connectivity index is 2.56. The van der Waals surface area contributed by atoms with Crippen molar-refractivity contribution in [3.63, 3.8) is 0 Å². The van der Waals surface area contributed by atoms with Gasteiger partial charge < -0.3 is 30.9 Å².